The van der Waals surface area contributed by atoms with Gasteiger partial charge in [0.15, 0.2) is 0 Å². The molecule has 1 unspecified atom stereocenters. The molecule has 0 spiro atoms. The minimum Gasteiger partial charge on any atom is -0.466 e. The number of hydrogen-bond donors (Lipinski definition) is 0. The molecule has 12 heteroatoms. The molecule has 1 aliphatic rings. The summed E-state index contributed by atoms with van der Waals surface area (Å²) < 4.78 is 22.9. The molecule has 0 aromatic heterocycles. The van der Waals surface area contributed by atoms with Gasteiger partial charge in [-0.3, -0.25) is 29.0 Å². The largest absolute Gasteiger partial charge is 0.466 e. The SMILES string of the molecule is CCCCCCCCCCOC(=O)CCN(CCCN(CCN(CCCN(CCC(=O)OCCCCCCCCCC)CCC(=O)OCCCCCCCCCC)C1CCCCC1)C(C)CC)CCC(=O)OCCCCCCCCCC. The number of nitrogens with zero attached hydrogens (tertiary/aromatic N) is 4. The molecular formula is C70H136N4O8. The van der Waals surface area contributed by atoms with E-state index in [1.54, 1.807) is 0 Å². The third-order valence-electron chi connectivity index (χ3n) is 17.4. The van der Waals surface area contributed by atoms with Crippen LogP contribution in [0.5, 0.6) is 0 Å². The van der Waals surface area contributed by atoms with Crippen LogP contribution in [-0.2, 0) is 38.1 Å². The first-order valence-corrected chi connectivity index (χ1v) is 35.7. The highest BCUT2D eigenvalue weighted by Crippen LogP contribution is 2.24. The predicted octanol–water partition coefficient (Wildman–Crippen LogP) is 17.4. The molecule has 0 aromatic rings. The number of carbonyl (C=O) groups is 4. The Morgan fingerprint density at radius 3 is 0.927 bits per heavy atom. The molecule has 0 N–H and O–H groups in total. The lowest BCUT2D eigenvalue weighted by Crippen LogP contribution is -2.45. The smallest absolute Gasteiger partial charge is 0.307 e. The molecule has 484 valence electrons. The maximum absolute atomic E-state index is 13.0. The van der Waals surface area contributed by atoms with Crippen molar-refractivity contribution in [3.8, 4) is 0 Å². The lowest BCUT2D eigenvalue weighted by atomic mass is 9.94. The molecule has 0 bridgehead atoms. The number of ether oxygens (including phenoxy) is 4. The van der Waals surface area contributed by atoms with Gasteiger partial charge >= 0.3 is 23.9 Å². The van der Waals surface area contributed by atoms with E-state index in [0.717, 1.165) is 110 Å². The summed E-state index contributed by atoms with van der Waals surface area (Å²) in [6, 6.07) is 1.00. The van der Waals surface area contributed by atoms with E-state index in [2.05, 4.69) is 61.1 Å². The van der Waals surface area contributed by atoms with E-state index < -0.39 is 0 Å². The topological polar surface area (TPSA) is 118 Å². The second kappa shape index (κ2) is 59.1. The third-order valence-corrected chi connectivity index (χ3v) is 17.4. The van der Waals surface area contributed by atoms with Crippen LogP contribution >= 0.6 is 0 Å². The summed E-state index contributed by atoms with van der Waals surface area (Å²) in [7, 11) is 0. The molecular weight excluding hydrogens is 1020 g/mol. The third kappa shape index (κ3) is 48.9. The van der Waals surface area contributed by atoms with E-state index in [9.17, 15) is 19.2 Å². The average Bonchev–Trinajstić information content (AvgIpc) is 3.49. The second-order valence-electron chi connectivity index (χ2n) is 24.8. The second-order valence-corrected chi connectivity index (χ2v) is 24.8. The fourth-order valence-corrected chi connectivity index (χ4v) is 11.6. The molecule has 0 amide bonds. The lowest BCUT2D eigenvalue weighted by Gasteiger charge is -2.37. The zero-order valence-electron chi connectivity index (χ0n) is 55.2. The van der Waals surface area contributed by atoms with Crippen LogP contribution in [0.15, 0.2) is 0 Å². The van der Waals surface area contributed by atoms with Gasteiger partial charge in [0.25, 0.3) is 0 Å². The van der Waals surface area contributed by atoms with E-state index in [0.29, 0.717) is 90.4 Å². The van der Waals surface area contributed by atoms with E-state index in [4.69, 9.17) is 18.9 Å². The number of esters is 4. The average molecular weight is 1160 g/mol. The quantitative estimate of drug-likeness (QED) is 0.0328. The van der Waals surface area contributed by atoms with Gasteiger partial charge in [-0.25, -0.2) is 0 Å². The first-order chi connectivity index (χ1) is 40.2. The Morgan fingerprint density at radius 1 is 0.329 bits per heavy atom. The van der Waals surface area contributed by atoms with Crippen LogP contribution in [0.2, 0.25) is 0 Å². The number of carbonyl (C=O) groups excluding carboxylic acids is 4. The minimum absolute atomic E-state index is 0.138. The van der Waals surface area contributed by atoms with Gasteiger partial charge in [-0.2, -0.15) is 0 Å². The molecule has 82 heavy (non-hydrogen) atoms. The highest BCUT2D eigenvalue weighted by atomic mass is 16.5. The number of unbranched alkanes of at least 4 members (excludes halogenated alkanes) is 28. The number of rotatable bonds is 62. The van der Waals surface area contributed by atoms with E-state index >= 15 is 0 Å². The van der Waals surface area contributed by atoms with Gasteiger partial charge in [-0.05, 0) is 90.9 Å². The Bertz CT molecular complexity index is 1360. The predicted molar refractivity (Wildman–Crippen MR) is 345 cm³/mol. The van der Waals surface area contributed by atoms with Gasteiger partial charge in [-0.15, -0.1) is 0 Å². The van der Waals surface area contributed by atoms with Gasteiger partial charge in [0.1, 0.15) is 0 Å². The molecule has 1 atom stereocenters. The fourth-order valence-electron chi connectivity index (χ4n) is 11.6. The highest BCUT2D eigenvalue weighted by molar-refractivity contribution is 5.71. The van der Waals surface area contributed by atoms with Crippen molar-refractivity contribution in [2.45, 2.75) is 336 Å². The Hall–Kier alpha value is -2.28. The van der Waals surface area contributed by atoms with E-state index in [1.807, 2.05) is 0 Å². The van der Waals surface area contributed by atoms with Crippen LogP contribution in [0.1, 0.15) is 324 Å². The summed E-state index contributed by atoms with van der Waals surface area (Å²) >= 11 is 0. The molecule has 1 aliphatic carbocycles. The normalized spacial score (nSPS) is 13.4. The van der Waals surface area contributed by atoms with Crippen molar-refractivity contribution in [2.75, 3.05) is 91.9 Å². The van der Waals surface area contributed by atoms with Crippen molar-refractivity contribution in [1.82, 2.24) is 19.6 Å². The van der Waals surface area contributed by atoms with Gasteiger partial charge in [0, 0.05) is 51.4 Å². The Balaban J connectivity index is 2.92. The standard InChI is InChI=1S/C70H136N4O8/c1-7-12-16-20-24-28-32-39-61-79-67(75)47-55-71(56-48-68(76)80-62-40-33-29-25-21-17-13-8-2)51-43-53-73(65(6)11-5)59-60-74(66-45-37-36-38-46-66)54-44-52-72(57-49-69(77)81-63-41-34-30-26-22-18-14-9-3)58-50-70(78)82-64-42-35-31-27-23-19-15-10-4/h65-66H,7-64H2,1-6H3. The van der Waals surface area contributed by atoms with Crippen molar-refractivity contribution >= 4 is 23.9 Å². The van der Waals surface area contributed by atoms with Crippen molar-refractivity contribution < 1.29 is 38.1 Å². The fraction of sp³-hybridized carbons (Fsp3) is 0.943. The summed E-state index contributed by atoms with van der Waals surface area (Å²) in [5, 5.41) is 0. The maximum Gasteiger partial charge on any atom is 0.307 e. The maximum atomic E-state index is 13.0. The molecule has 0 heterocycles. The lowest BCUT2D eigenvalue weighted by molar-refractivity contribution is -0.146. The number of hydrogen-bond acceptors (Lipinski definition) is 12. The van der Waals surface area contributed by atoms with Crippen LogP contribution in [0, 0.1) is 0 Å². The first kappa shape index (κ1) is 77.7. The van der Waals surface area contributed by atoms with Crippen molar-refractivity contribution in [2.24, 2.45) is 0 Å². The summed E-state index contributed by atoms with van der Waals surface area (Å²) in [5.74, 6) is -0.561. The molecule has 1 saturated carbocycles. The van der Waals surface area contributed by atoms with Crippen LogP contribution in [-0.4, -0.2) is 147 Å². The van der Waals surface area contributed by atoms with Crippen molar-refractivity contribution in [3.05, 3.63) is 0 Å². The molecule has 0 radical (unpaired) electrons. The summed E-state index contributed by atoms with van der Waals surface area (Å²) in [6.45, 7) is 23.5. The van der Waals surface area contributed by atoms with Crippen LogP contribution in [0.4, 0.5) is 0 Å². The molecule has 1 fully saturated rings. The summed E-state index contributed by atoms with van der Waals surface area (Å²) in [6.07, 6.45) is 49.5. The molecule has 12 nitrogen and oxygen atoms in total. The van der Waals surface area contributed by atoms with Gasteiger partial charge in [0.2, 0.25) is 0 Å². The molecule has 0 aliphatic heterocycles. The van der Waals surface area contributed by atoms with Gasteiger partial charge in [0.05, 0.1) is 52.1 Å². The van der Waals surface area contributed by atoms with Crippen molar-refractivity contribution in [1.29, 1.82) is 0 Å². The monoisotopic (exact) mass is 1160 g/mol. The molecule has 0 saturated heterocycles. The van der Waals surface area contributed by atoms with E-state index in [1.165, 1.54) is 186 Å². The molecule has 0 aromatic carbocycles. The molecule has 1 rings (SSSR count). The highest BCUT2D eigenvalue weighted by Gasteiger charge is 2.24. The van der Waals surface area contributed by atoms with Crippen LogP contribution in [0.25, 0.3) is 0 Å². The van der Waals surface area contributed by atoms with Gasteiger partial charge in [-0.1, -0.05) is 234 Å². The Labute approximate surface area is 507 Å². The summed E-state index contributed by atoms with van der Waals surface area (Å²) in [4.78, 5) is 62.1. The first-order valence-electron chi connectivity index (χ1n) is 35.7. The van der Waals surface area contributed by atoms with Crippen LogP contribution in [0.3, 0.4) is 0 Å². The zero-order chi connectivity index (χ0) is 59.6. The summed E-state index contributed by atoms with van der Waals surface area (Å²) in [5.41, 5.74) is 0. The van der Waals surface area contributed by atoms with Crippen molar-refractivity contribution in [3.63, 3.8) is 0 Å². The van der Waals surface area contributed by atoms with Crippen LogP contribution < -0.4 is 0 Å². The van der Waals surface area contributed by atoms with Gasteiger partial charge < -0.3 is 28.7 Å². The Morgan fingerprint density at radius 2 is 0.622 bits per heavy atom. The van der Waals surface area contributed by atoms with E-state index in [-0.39, 0.29) is 23.9 Å². The Kier molecular flexibility index (Phi) is 56.0. The zero-order valence-corrected chi connectivity index (χ0v) is 55.2. The minimum atomic E-state index is -0.143.